The first kappa shape index (κ1) is 13.4. The Morgan fingerprint density at radius 2 is 2.18 bits per heavy atom. The van der Waals surface area contributed by atoms with Crippen molar-refractivity contribution in [2.75, 3.05) is 5.32 Å². The maximum Gasteiger partial charge on any atom is 0.225 e. The van der Waals surface area contributed by atoms with Crippen LogP contribution in [0.25, 0.3) is 0 Å². The van der Waals surface area contributed by atoms with Gasteiger partial charge in [-0.3, -0.25) is 4.79 Å². The van der Waals surface area contributed by atoms with E-state index in [1.54, 1.807) is 0 Å². The molecule has 4 nitrogen and oxygen atoms in total. The van der Waals surface area contributed by atoms with E-state index in [4.69, 9.17) is 10.8 Å². The van der Waals surface area contributed by atoms with Gasteiger partial charge in [0.2, 0.25) is 5.91 Å². The average Bonchev–Trinajstić information content (AvgIpc) is 2.23. The summed E-state index contributed by atoms with van der Waals surface area (Å²) in [6, 6.07) is 3.45. The molecule has 0 spiro atoms. The van der Waals surface area contributed by atoms with Gasteiger partial charge in [0.15, 0.2) is 11.6 Å². The summed E-state index contributed by atoms with van der Waals surface area (Å²) in [4.78, 5) is 11.5. The Morgan fingerprint density at radius 3 is 2.71 bits per heavy atom. The summed E-state index contributed by atoms with van der Waals surface area (Å²) >= 11 is 0. The molecule has 1 unspecified atom stereocenters. The van der Waals surface area contributed by atoms with Gasteiger partial charge < -0.3 is 16.2 Å². The summed E-state index contributed by atoms with van der Waals surface area (Å²) in [7, 11) is 0. The summed E-state index contributed by atoms with van der Waals surface area (Å²) < 4.78 is 13.0. The highest BCUT2D eigenvalue weighted by molar-refractivity contribution is 5.91. The van der Waals surface area contributed by atoms with E-state index in [2.05, 4.69) is 5.32 Å². The lowest BCUT2D eigenvalue weighted by Gasteiger charge is -2.15. The normalized spacial score (nSPS) is 12.5. The third-order valence-corrected chi connectivity index (χ3v) is 2.51. The minimum Gasteiger partial charge on any atom is -0.505 e. The average molecular weight is 240 g/mol. The molecule has 0 aliphatic heterocycles. The fourth-order valence-corrected chi connectivity index (χ4v) is 1.25. The molecule has 17 heavy (non-hydrogen) atoms. The lowest BCUT2D eigenvalue weighted by atomic mass is 10.0. The number of nitrogens with one attached hydrogen (secondary N) is 1. The van der Waals surface area contributed by atoms with Gasteiger partial charge in [0, 0.05) is 24.2 Å². The van der Waals surface area contributed by atoms with Gasteiger partial charge in [0.05, 0.1) is 0 Å². The van der Waals surface area contributed by atoms with E-state index >= 15 is 0 Å². The van der Waals surface area contributed by atoms with E-state index in [0.29, 0.717) is 5.69 Å². The molecule has 0 saturated heterocycles. The zero-order valence-corrected chi connectivity index (χ0v) is 9.90. The molecular weight excluding hydrogens is 223 g/mol. The van der Waals surface area contributed by atoms with E-state index in [1.807, 2.05) is 13.8 Å². The first-order valence-electron chi connectivity index (χ1n) is 5.44. The van der Waals surface area contributed by atoms with Gasteiger partial charge in [-0.15, -0.1) is 0 Å². The monoisotopic (exact) mass is 240 g/mol. The van der Waals surface area contributed by atoms with Crippen LogP contribution < -0.4 is 11.1 Å². The van der Waals surface area contributed by atoms with Gasteiger partial charge in [-0.1, -0.05) is 13.8 Å². The number of carbonyl (C=O) groups is 1. The Hall–Kier alpha value is -1.62. The van der Waals surface area contributed by atoms with Gasteiger partial charge in [0.25, 0.3) is 0 Å². The van der Waals surface area contributed by atoms with E-state index < -0.39 is 11.6 Å². The number of halogens is 1. The fraction of sp³-hybridized carbons (Fsp3) is 0.417. The third-order valence-electron chi connectivity index (χ3n) is 2.51. The van der Waals surface area contributed by atoms with Crippen LogP contribution in [-0.4, -0.2) is 17.1 Å². The number of benzene rings is 1. The van der Waals surface area contributed by atoms with Crippen molar-refractivity contribution in [2.24, 2.45) is 11.7 Å². The van der Waals surface area contributed by atoms with Crippen LogP contribution in [0.1, 0.15) is 20.3 Å². The summed E-state index contributed by atoms with van der Waals surface area (Å²) in [6.45, 7) is 3.86. The molecule has 0 bridgehead atoms. The van der Waals surface area contributed by atoms with Crippen molar-refractivity contribution < 1.29 is 14.3 Å². The fourth-order valence-electron chi connectivity index (χ4n) is 1.25. The molecular formula is C12H17FN2O2. The van der Waals surface area contributed by atoms with Crippen molar-refractivity contribution in [1.29, 1.82) is 0 Å². The Bertz CT molecular complexity index is 407. The van der Waals surface area contributed by atoms with Gasteiger partial charge in [-0.2, -0.15) is 0 Å². The quantitative estimate of drug-likeness (QED) is 0.703. The van der Waals surface area contributed by atoms with Crippen LogP contribution in [-0.2, 0) is 4.79 Å². The van der Waals surface area contributed by atoms with Gasteiger partial charge in [-0.25, -0.2) is 4.39 Å². The predicted octanol–water partition coefficient (Wildman–Crippen LogP) is 1.84. The number of phenols is 1. The largest absolute Gasteiger partial charge is 0.505 e. The van der Waals surface area contributed by atoms with Crippen molar-refractivity contribution in [3.05, 3.63) is 24.0 Å². The second-order valence-electron chi connectivity index (χ2n) is 4.33. The molecule has 0 fully saturated rings. The zero-order valence-electron chi connectivity index (χ0n) is 9.90. The molecule has 0 aromatic heterocycles. The van der Waals surface area contributed by atoms with Crippen LogP contribution in [0.3, 0.4) is 0 Å². The van der Waals surface area contributed by atoms with Crippen molar-refractivity contribution >= 4 is 11.6 Å². The summed E-state index contributed by atoms with van der Waals surface area (Å²) in [5.41, 5.74) is 6.06. The van der Waals surface area contributed by atoms with Crippen LogP contribution in [0.4, 0.5) is 10.1 Å². The smallest absolute Gasteiger partial charge is 0.225 e. The molecule has 0 aliphatic carbocycles. The van der Waals surface area contributed by atoms with Crippen molar-refractivity contribution in [3.8, 4) is 5.75 Å². The number of nitrogens with two attached hydrogens (primary N) is 1. The minimum absolute atomic E-state index is 0.181. The molecule has 1 amide bonds. The molecule has 94 valence electrons. The highest BCUT2D eigenvalue weighted by atomic mass is 19.1. The lowest BCUT2D eigenvalue weighted by molar-refractivity contribution is -0.116. The first-order valence-corrected chi connectivity index (χ1v) is 5.44. The van der Waals surface area contributed by atoms with Gasteiger partial charge in [-0.05, 0) is 18.1 Å². The number of rotatable bonds is 4. The topological polar surface area (TPSA) is 75.4 Å². The molecule has 1 atom stereocenters. The number of anilines is 1. The van der Waals surface area contributed by atoms with Crippen molar-refractivity contribution in [2.45, 2.75) is 26.3 Å². The standard InChI is InChI=1S/C12H17FN2O2/c1-7(2)10(14)6-12(17)15-8-3-4-11(16)9(13)5-8/h3-5,7,10,16H,6,14H2,1-2H3,(H,15,17). The molecule has 0 radical (unpaired) electrons. The maximum absolute atomic E-state index is 13.0. The van der Waals surface area contributed by atoms with E-state index in [9.17, 15) is 9.18 Å². The second-order valence-corrected chi connectivity index (χ2v) is 4.33. The summed E-state index contributed by atoms with van der Waals surface area (Å²) in [5.74, 6) is -1.27. The molecule has 0 heterocycles. The van der Waals surface area contributed by atoms with E-state index in [1.165, 1.54) is 12.1 Å². The van der Waals surface area contributed by atoms with Crippen LogP contribution in [0.15, 0.2) is 18.2 Å². The lowest BCUT2D eigenvalue weighted by Crippen LogP contribution is -2.31. The molecule has 1 aromatic rings. The SMILES string of the molecule is CC(C)C(N)CC(=O)Nc1ccc(O)c(F)c1. The summed E-state index contributed by atoms with van der Waals surface area (Å²) in [5, 5.41) is 11.5. The maximum atomic E-state index is 13.0. The highest BCUT2D eigenvalue weighted by Crippen LogP contribution is 2.19. The number of hydrogen-bond donors (Lipinski definition) is 3. The van der Waals surface area contributed by atoms with Crippen LogP contribution >= 0.6 is 0 Å². The highest BCUT2D eigenvalue weighted by Gasteiger charge is 2.13. The third kappa shape index (κ3) is 4.03. The number of aromatic hydroxyl groups is 1. The second kappa shape index (κ2) is 5.63. The Balaban J connectivity index is 2.59. The molecule has 4 N–H and O–H groups in total. The van der Waals surface area contributed by atoms with Crippen molar-refractivity contribution in [1.82, 2.24) is 0 Å². The van der Waals surface area contributed by atoms with Gasteiger partial charge in [0.1, 0.15) is 0 Å². The number of phenolic OH excluding ortho intramolecular Hbond substituents is 1. The molecule has 5 heteroatoms. The number of amides is 1. The molecule has 0 aliphatic rings. The molecule has 1 rings (SSSR count). The van der Waals surface area contributed by atoms with Crippen LogP contribution in [0.2, 0.25) is 0 Å². The summed E-state index contributed by atoms with van der Waals surface area (Å²) in [6.07, 6.45) is 0.181. The van der Waals surface area contributed by atoms with E-state index in [0.717, 1.165) is 6.07 Å². The number of carbonyl (C=O) groups excluding carboxylic acids is 1. The Kier molecular flexibility index (Phi) is 4.45. The van der Waals surface area contributed by atoms with Gasteiger partial charge >= 0.3 is 0 Å². The van der Waals surface area contributed by atoms with Crippen LogP contribution in [0.5, 0.6) is 5.75 Å². The molecule has 1 aromatic carbocycles. The number of hydrogen-bond acceptors (Lipinski definition) is 3. The zero-order chi connectivity index (χ0) is 13.0. The Morgan fingerprint density at radius 1 is 1.53 bits per heavy atom. The van der Waals surface area contributed by atoms with Crippen molar-refractivity contribution in [3.63, 3.8) is 0 Å². The van der Waals surface area contributed by atoms with E-state index in [-0.39, 0.29) is 24.3 Å². The Labute approximate surface area is 99.6 Å². The first-order chi connectivity index (χ1) is 7.90. The predicted molar refractivity (Wildman–Crippen MR) is 64.1 cm³/mol. The van der Waals surface area contributed by atoms with Crippen LogP contribution in [0, 0.1) is 11.7 Å². The molecule has 0 saturated carbocycles. The minimum atomic E-state index is -0.768.